The lowest BCUT2D eigenvalue weighted by Crippen LogP contribution is -2.26. The Morgan fingerprint density at radius 3 is 2.48 bits per heavy atom. The lowest BCUT2D eigenvalue weighted by Gasteiger charge is -2.18. The van der Waals surface area contributed by atoms with Crippen LogP contribution in [0.15, 0.2) is 66.7 Å². The Bertz CT molecular complexity index is 1080. The molecular weight excluding hydrogens is 374 g/mol. The zero-order valence-electron chi connectivity index (χ0n) is 15.5. The fraction of sp³-hybridized carbons (Fsp3) is 0.130. The molecule has 0 fully saturated rings. The number of halogens is 2. The number of hydrogen-bond acceptors (Lipinski definition) is 2. The van der Waals surface area contributed by atoms with Gasteiger partial charge in [-0.2, -0.15) is 0 Å². The van der Waals surface area contributed by atoms with Crippen LogP contribution in [0.2, 0.25) is 0 Å². The van der Waals surface area contributed by atoms with Crippen molar-refractivity contribution in [2.75, 3.05) is 4.90 Å². The number of carbonyl (C=O) groups is 2. The quantitative estimate of drug-likeness (QED) is 0.714. The van der Waals surface area contributed by atoms with Gasteiger partial charge in [-0.05, 0) is 59.2 Å². The van der Waals surface area contributed by atoms with E-state index in [1.807, 2.05) is 0 Å². The van der Waals surface area contributed by atoms with E-state index >= 15 is 0 Å². The average molecular weight is 392 g/mol. The number of nitrogens with one attached hydrogen (secondary N) is 1. The Balaban J connectivity index is 1.47. The van der Waals surface area contributed by atoms with Gasteiger partial charge in [0.15, 0.2) is 0 Å². The number of rotatable bonds is 5. The van der Waals surface area contributed by atoms with Gasteiger partial charge in [-0.25, -0.2) is 8.78 Å². The van der Waals surface area contributed by atoms with Crippen LogP contribution in [0.4, 0.5) is 14.5 Å². The molecule has 3 aromatic rings. The standard InChI is InChI=1S/C23H18F2N2O2/c24-19-7-4-15(5-8-19)14-27-21-9-6-17(11-18(21)12-22(27)28)23(29)26-13-16-2-1-3-20(25)10-16/h1-11H,12-14H2,(H,26,29). The van der Waals surface area contributed by atoms with Crippen molar-refractivity contribution >= 4 is 17.5 Å². The third-order valence-corrected chi connectivity index (χ3v) is 4.87. The van der Waals surface area contributed by atoms with E-state index in [1.165, 1.54) is 24.3 Å². The molecule has 0 atom stereocenters. The highest BCUT2D eigenvalue weighted by atomic mass is 19.1. The molecule has 6 heteroatoms. The maximum Gasteiger partial charge on any atom is 0.251 e. The molecule has 1 aliphatic rings. The minimum atomic E-state index is -0.353. The summed E-state index contributed by atoms with van der Waals surface area (Å²) in [6.45, 7) is 0.556. The van der Waals surface area contributed by atoms with Crippen LogP contribution in [-0.2, 0) is 24.3 Å². The molecule has 0 radical (unpaired) electrons. The van der Waals surface area contributed by atoms with Crippen molar-refractivity contribution in [1.29, 1.82) is 0 Å². The van der Waals surface area contributed by atoms with Crippen molar-refractivity contribution in [1.82, 2.24) is 5.32 Å². The van der Waals surface area contributed by atoms with Gasteiger partial charge >= 0.3 is 0 Å². The first-order valence-electron chi connectivity index (χ1n) is 9.20. The van der Waals surface area contributed by atoms with Gasteiger partial charge in [0.25, 0.3) is 5.91 Å². The van der Waals surface area contributed by atoms with E-state index in [-0.39, 0.29) is 36.4 Å². The fourth-order valence-corrected chi connectivity index (χ4v) is 3.40. The molecule has 0 bridgehead atoms. The van der Waals surface area contributed by atoms with Gasteiger partial charge in [0.2, 0.25) is 5.91 Å². The van der Waals surface area contributed by atoms with Gasteiger partial charge in [0, 0.05) is 17.8 Å². The second-order valence-corrected chi connectivity index (χ2v) is 6.94. The van der Waals surface area contributed by atoms with E-state index in [4.69, 9.17) is 0 Å². The maximum absolute atomic E-state index is 13.2. The Hall–Kier alpha value is -3.54. The van der Waals surface area contributed by atoms with Crippen molar-refractivity contribution in [2.24, 2.45) is 0 Å². The van der Waals surface area contributed by atoms with Crippen LogP contribution in [0.1, 0.15) is 27.0 Å². The molecule has 0 aliphatic carbocycles. The summed E-state index contributed by atoms with van der Waals surface area (Å²) in [5.74, 6) is -1.03. The van der Waals surface area contributed by atoms with E-state index in [0.29, 0.717) is 17.7 Å². The molecule has 0 spiro atoms. The highest BCUT2D eigenvalue weighted by molar-refractivity contribution is 6.03. The number of anilines is 1. The minimum Gasteiger partial charge on any atom is -0.348 e. The third-order valence-electron chi connectivity index (χ3n) is 4.87. The van der Waals surface area contributed by atoms with Crippen molar-refractivity contribution < 1.29 is 18.4 Å². The van der Waals surface area contributed by atoms with E-state index in [0.717, 1.165) is 16.8 Å². The van der Waals surface area contributed by atoms with E-state index < -0.39 is 0 Å². The normalized spacial score (nSPS) is 12.8. The van der Waals surface area contributed by atoms with E-state index in [9.17, 15) is 18.4 Å². The predicted octanol–water partition coefficient (Wildman–Crippen LogP) is 3.98. The Morgan fingerprint density at radius 2 is 1.72 bits per heavy atom. The number of benzene rings is 3. The number of amides is 2. The van der Waals surface area contributed by atoms with E-state index in [2.05, 4.69) is 5.32 Å². The SMILES string of the molecule is O=C(NCc1cccc(F)c1)c1ccc2c(c1)CC(=O)N2Cc1ccc(F)cc1. The predicted molar refractivity (Wildman–Crippen MR) is 105 cm³/mol. The van der Waals surface area contributed by atoms with Gasteiger partial charge in [0.1, 0.15) is 11.6 Å². The summed E-state index contributed by atoms with van der Waals surface area (Å²) in [6.07, 6.45) is 0.210. The van der Waals surface area contributed by atoms with Crippen molar-refractivity contribution in [2.45, 2.75) is 19.5 Å². The third kappa shape index (κ3) is 4.16. The topological polar surface area (TPSA) is 49.4 Å². The summed E-state index contributed by atoms with van der Waals surface area (Å²) in [5.41, 5.74) is 3.46. The van der Waals surface area contributed by atoms with Crippen LogP contribution in [0.5, 0.6) is 0 Å². The highest BCUT2D eigenvalue weighted by Gasteiger charge is 2.28. The van der Waals surface area contributed by atoms with Gasteiger partial charge in [-0.1, -0.05) is 24.3 Å². The first-order chi connectivity index (χ1) is 14.0. The smallest absolute Gasteiger partial charge is 0.251 e. The molecule has 4 rings (SSSR count). The number of nitrogens with zero attached hydrogens (tertiary/aromatic N) is 1. The molecule has 1 N–H and O–H groups in total. The van der Waals surface area contributed by atoms with Crippen LogP contribution < -0.4 is 10.2 Å². The fourth-order valence-electron chi connectivity index (χ4n) is 3.40. The van der Waals surface area contributed by atoms with Gasteiger partial charge in [0.05, 0.1) is 13.0 Å². The second kappa shape index (κ2) is 7.83. The minimum absolute atomic E-state index is 0.0679. The molecule has 0 saturated carbocycles. The summed E-state index contributed by atoms with van der Waals surface area (Å²) in [4.78, 5) is 26.5. The van der Waals surface area contributed by atoms with Crippen LogP contribution in [0, 0.1) is 11.6 Å². The molecule has 3 aromatic carbocycles. The Morgan fingerprint density at radius 1 is 0.931 bits per heavy atom. The number of carbonyl (C=O) groups excluding carboxylic acids is 2. The summed E-state index contributed by atoms with van der Waals surface area (Å²) >= 11 is 0. The van der Waals surface area contributed by atoms with Crippen LogP contribution in [-0.4, -0.2) is 11.8 Å². The Labute approximate surface area is 166 Å². The Kier molecular flexibility index (Phi) is 5.08. The first kappa shape index (κ1) is 18.8. The van der Waals surface area contributed by atoms with Crippen LogP contribution in [0.3, 0.4) is 0 Å². The molecule has 146 valence electrons. The molecule has 2 amide bonds. The average Bonchev–Trinajstić information content (AvgIpc) is 3.02. The van der Waals surface area contributed by atoms with E-state index in [1.54, 1.807) is 47.4 Å². The van der Waals surface area contributed by atoms with Crippen LogP contribution in [0.25, 0.3) is 0 Å². The first-order valence-corrected chi connectivity index (χ1v) is 9.20. The van der Waals surface area contributed by atoms with Crippen molar-refractivity contribution in [3.05, 3.63) is 101 Å². The highest BCUT2D eigenvalue weighted by Crippen LogP contribution is 2.31. The molecule has 0 unspecified atom stereocenters. The van der Waals surface area contributed by atoms with Crippen molar-refractivity contribution in [3.63, 3.8) is 0 Å². The maximum atomic E-state index is 13.2. The largest absolute Gasteiger partial charge is 0.348 e. The molecule has 29 heavy (non-hydrogen) atoms. The molecular formula is C23H18F2N2O2. The van der Waals surface area contributed by atoms with Crippen LogP contribution >= 0.6 is 0 Å². The molecule has 0 saturated heterocycles. The monoisotopic (exact) mass is 392 g/mol. The summed E-state index contributed by atoms with van der Waals surface area (Å²) in [7, 11) is 0. The summed E-state index contributed by atoms with van der Waals surface area (Å²) in [5, 5.41) is 2.76. The van der Waals surface area contributed by atoms with Gasteiger partial charge in [-0.15, -0.1) is 0 Å². The number of fused-ring (bicyclic) bond motifs is 1. The molecule has 1 heterocycles. The summed E-state index contributed by atoms with van der Waals surface area (Å²) in [6, 6.07) is 17.2. The van der Waals surface area contributed by atoms with Gasteiger partial charge < -0.3 is 10.2 Å². The lowest BCUT2D eigenvalue weighted by atomic mass is 10.1. The molecule has 0 aromatic heterocycles. The zero-order chi connectivity index (χ0) is 20.4. The van der Waals surface area contributed by atoms with Gasteiger partial charge in [-0.3, -0.25) is 9.59 Å². The molecule has 4 nitrogen and oxygen atoms in total. The molecule has 1 aliphatic heterocycles. The lowest BCUT2D eigenvalue weighted by molar-refractivity contribution is -0.117. The van der Waals surface area contributed by atoms with Crippen molar-refractivity contribution in [3.8, 4) is 0 Å². The number of hydrogen-bond donors (Lipinski definition) is 1. The summed E-state index contributed by atoms with van der Waals surface area (Å²) < 4.78 is 26.3. The zero-order valence-corrected chi connectivity index (χ0v) is 15.5. The second-order valence-electron chi connectivity index (χ2n) is 6.94.